The quantitative estimate of drug-likeness (QED) is 0.665. The minimum atomic E-state index is 0.307. The van der Waals surface area contributed by atoms with Crippen LogP contribution in [-0.4, -0.2) is 37.1 Å². The molecular formula is C15H34N2. The van der Waals surface area contributed by atoms with E-state index in [1.807, 2.05) is 0 Å². The molecule has 0 aliphatic carbocycles. The monoisotopic (exact) mass is 242 g/mol. The maximum absolute atomic E-state index is 3.52. The molecule has 0 aromatic rings. The van der Waals surface area contributed by atoms with Gasteiger partial charge in [0.05, 0.1) is 0 Å². The summed E-state index contributed by atoms with van der Waals surface area (Å²) < 4.78 is 0. The molecule has 0 rings (SSSR count). The van der Waals surface area contributed by atoms with Gasteiger partial charge in [-0.1, -0.05) is 34.1 Å². The molecule has 2 nitrogen and oxygen atoms in total. The second-order valence-corrected chi connectivity index (χ2v) is 6.36. The summed E-state index contributed by atoms with van der Waals surface area (Å²) in [7, 11) is 2.27. The zero-order valence-corrected chi connectivity index (χ0v) is 13.2. The number of hydrogen-bond donors (Lipinski definition) is 1. The Morgan fingerprint density at radius 3 is 2.06 bits per heavy atom. The fraction of sp³-hybridized carbons (Fsp3) is 1.00. The molecule has 0 bridgehead atoms. The zero-order chi connectivity index (χ0) is 13.5. The summed E-state index contributed by atoms with van der Waals surface area (Å²) in [5.41, 5.74) is 0.702. The van der Waals surface area contributed by atoms with Gasteiger partial charge in [0.1, 0.15) is 0 Å². The molecule has 0 amide bonds. The van der Waals surface area contributed by atoms with Gasteiger partial charge in [0.15, 0.2) is 0 Å². The van der Waals surface area contributed by atoms with Gasteiger partial charge in [0.2, 0.25) is 0 Å². The normalized spacial score (nSPS) is 16.2. The molecule has 0 aliphatic rings. The van der Waals surface area contributed by atoms with Gasteiger partial charge in [-0.25, -0.2) is 0 Å². The van der Waals surface area contributed by atoms with E-state index in [1.54, 1.807) is 0 Å². The van der Waals surface area contributed by atoms with Crippen molar-refractivity contribution in [2.75, 3.05) is 26.7 Å². The summed E-state index contributed by atoms with van der Waals surface area (Å²) in [5.74, 6) is 0. The van der Waals surface area contributed by atoms with Crippen LogP contribution in [0.25, 0.3) is 0 Å². The van der Waals surface area contributed by atoms with E-state index in [0.29, 0.717) is 11.0 Å². The molecule has 104 valence electrons. The standard InChI is InChI=1S/C15H34N2/c1-8-11-15(6,12-16-10-3)13-17(7)14(4,5)9-2/h16H,8-13H2,1-7H3. The van der Waals surface area contributed by atoms with Crippen molar-refractivity contribution < 1.29 is 0 Å². The van der Waals surface area contributed by atoms with Gasteiger partial charge in [0.25, 0.3) is 0 Å². The van der Waals surface area contributed by atoms with Crippen LogP contribution in [0.3, 0.4) is 0 Å². The maximum Gasteiger partial charge on any atom is 0.0147 e. The number of nitrogens with zero attached hydrogens (tertiary/aromatic N) is 1. The molecule has 0 heterocycles. The molecule has 17 heavy (non-hydrogen) atoms. The zero-order valence-electron chi connectivity index (χ0n) is 13.2. The second-order valence-electron chi connectivity index (χ2n) is 6.36. The van der Waals surface area contributed by atoms with Crippen molar-refractivity contribution in [1.82, 2.24) is 10.2 Å². The third-order valence-electron chi connectivity index (χ3n) is 4.17. The predicted molar refractivity (Wildman–Crippen MR) is 78.6 cm³/mol. The lowest BCUT2D eigenvalue weighted by Crippen LogP contribution is -2.48. The van der Waals surface area contributed by atoms with Crippen molar-refractivity contribution in [3.05, 3.63) is 0 Å². The average Bonchev–Trinajstić information content (AvgIpc) is 2.26. The summed E-state index contributed by atoms with van der Waals surface area (Å²) in [6.07, 6.45) is 3.76. The van der Waals surface area contributed by atoms with E-state index in [0.717, 1.165) is 13.1 Å². The highest BCUT2D eigenvalue weighted by Gasteiger charge is 2.30. The Morgan fingerprint density at radius 2 is 1.65 bits per heavy atom. The fourth-order valence-electron chi connectivity index (χ4n) is 2.31. The Kier molecular flexibility index (Phi) is 7.34. The molecule has 0 spiro atoms. The van der Waals surface area contributed by atoms with Crippen LogP contribution in [0.4, 0.5) is 0 Å². The number of hydrogen-bond acceptors (Lipinski definition) is 2. The smallest absolute Gasteiger partial charge is 0.0147 e. The number of rotatable bonds is 9. The lowest BCUT2D eigenvalue weighted by molar-refractivity contribution is 0.0841. The van der Waals surface area contributed by atoms with Crippen LogP contribution in [0.2, 0.25) is 0 Å². The van der Waals surface area contributed by atoms with E-state index in [1.165, 1.54) is 25.8 Å². The highest BCUT2D eigenvalue weighted by molar-refractivity contribution is 4.85. The van der Waals surface area contributed by atoms with E-state index >= 15 is 0 Å². The molecule has 2 heteroatoms. The predicted octanol–water partition coefficient (Wildman–Crippen LogP) is 3.52. The van der Waals surface area contributed by atoms with Gasteiger partial charge in [-0.3, -0.25) is 0 Å². The van der Waals surface area contributed by atoms with Crippen LogP contribution in [-0.2, 0) is 0 Å². The molecule has 0 saturated carbocycles. The Bertz CT molecular complexity index is 201. The van der Waals surface area contributed by atoms with Crippen LogP contribution in [0.1, 0.15) is 60.8 Å². The second kappa shape index (κ2) is 7.38. The van der Waals surface area contributed by atoms with Crippen LogP contribution >= 0.6 is 0 Å². The Labute approximate surface area is 109 Å². The minimum absolute atomic E-state index is 0.307. The first-order valence-electron chi connectivity index (χ1n) is 7.23. The van der Waals surface area contributed by atoms with Gasteiger partial charge in [-0.05, 0) is 45.7 Å². The van der Waals surface area contributed by atoms with Crippen molar-refractivity contribution in [1.29, 1.82) is 0 Å². The lowest BCUT2D eigenvalue weighted by atomic mass is 9.83. The van der Waals surface area contributed by atoms with Gasteiger partial charge in [0, 0.05) is 18.6 Å². The summed E-state index contributed by atoms with van der Waals surface area (Å²) in [6.45, 7) is 17.2. The highest BCUT2D eigenvalue weighted by Crippen LogP contribution is 2.27. The third-order valence-corrected chi connectivity index (χ3v) is 4.17. The Morgan fingerprint density at radius 1 is 1.06 bits per heavy atom. The number of nitrogens with one attached hydrogen (secondary N) is 1. The first kappa shape index (κ1) is 16.9. The van der Waals surface area contributed by atoms with Crippen LogP contribution in [0.5, 0.6) is 0 Å². The molecule has 0 aliphatic heterocycles. The molecule has 0 fully saturated rings. The van der Waals surface area contributed by atoms with Crippen molar-refractivity contribution >= 4 is 0 Å². The lowest BCUT2D eigenvalue weighted by Gasteiger charge is -2.42. The van der Waals surface area contributed by atoms with E-state index < -0.39 is 0 Å². The summed E-state index contributed by atoms with van der Waals surface area (Å²) in [6, 6.07) is 0. The Hall–Kier alpha value is -0.0800. The topological polar surface area (TPSA) is 15.3 Å². The van der Waals surface area contributed by atoms with E-state index in [2.05, 4.69) is 58.8 Å². The molecule has 1 unspecified atom stereocenters. The SMILES string of the molecule is CCCC(C)(CNCC)CN(C)C(C)(C)CC. The molecule has 0 radical (unpaired) electrons. The van der Waals surface area contributed by atoms with Crippen molar-refractivity contribution in [3.8, 4) is 0 Å². The minimum Gasteiger partial charge on any atom is -0.316 e. The highest BCUT2D eigenvalue weighted by atomic mass is 15.2. The van der Waals surface area contributed by atoms with Crippen molar-refractivity contribution in [3.63, 3.8) is 0 Å². The molecule has 0 aromatic heterocycles. The summed E-state index contributed by atoms with van der Waals surface area (Å²) in [5, 5.41) is 3.52. The summed E-state index contributed by atoms with van der Waals surface area (Å²) in [4.78, 5) is 2.53. The molecular weight excluding hydrogens is 208 g/mol. The first-order chi connectivity index (χ1) is 7.81. The third kappa shape index (κ3) is 5.87. The van der Waals surface area contributed by atoms with Gasteiger partial charge in [-0.2, -0.15) is 0 Å². The average molecular weight is 242 g/mol. The largest absolute Gasteiger partial charge is 0.316 e. The molecule has 1 N–H and O–H groups in total. The molecule has 1 atom stereocenters. The van der Waals surface area contributed by atoms with Gasteiger partial charge < -0.3 is 10.2 Å². The first-order valence-corrected chi connectivity index (χ1v) is 7.23. The van der Waals surface area contributed by atoms with Gasteiger partial charge >= 0.3 is 0 Å². The van der Waals surface area contributed by atoms with E-state index in [4.69, 9.17) is 0 Å². The van der Waals surface area contributed by atoms with Crippen molar-refractivity contribution in [2.24, 2.45) is 5.41 Å². The van der Waals surface area contributed by atoms with Crippen LogP contribution in [0, 0.1) is 5.41 Å². The van der Waals surface area contributed by atoms with Crippen LogP contribution in [0.15, 0.2) is 0 Å². The molecule has 0 aromatic carbocycles. The molecule has 0 saturated heterocycles. The summed E-state index contributed by atoms with van der Waals surface area (Å²) >= 11 is 0. The maximum atomic E-state index is 3.52. The fourth-order valence-corrected chi connectivity index (χ4v) is 2.31. The van der Waals surface area contributed by atoms with Gasteiger partial charge in [-0.15, -0.1) is 0 Å². The Balaban J connectivity index is 4.52. The van der Waals surface area contributed by atoms with E-state index in [9.17, 15) is 0 Å². The van der Waals surface area contributed by atoms with E-state index in [-0.39, 0.29) is 0 Å². The van der Waals surface area contributed by atoms with Crippen molar-refractivity contribution in [2.45, 2.75) is 66.3 Å². The van der Waals surface area contributed by atoms with Crippen LogP contribution < -0.4 is 5.32 Å².